The molecule has 68 valence electrons. The maximum atomic E-state index is 11.6. The molecule has 3 nitrogen and oxygen atoms in total. The Kier molecular flexibility index (Phi) is 1.14. The standard InChI is InChI=1S/C11H6O3/c1-5-2-3-6-7(4-5)9(13)11-10(14-11)8(6)12/h2-4H,1H3. The van der Waals surface area contributed by atoms with E-state index in [2.05, 4.69) is 0 Å². The molecule has 2 aliphatic rings. The topological polar surface area (TPSA) is 47.3 Å². The van der Waals surface area contributed by atoms with Gasteiger partial charge in [-0.2, -0.15) is 0 Å². The first-order chi connectivity index (χ1) is 6.68. The summed E-state index contributed by atoms with van der Waals surface area (Å²) in [7, 11) is 0. The SMILES string of the molecule is Cc1ccc2c(=O)c3oc=3c(=O)c2c1. The molecule has 0 atom stereocenters. The summed E-state index contributed by atoms with van der Waals surface area (Å²) >= 11 is 0. The van der Waals surface area contributed by atoms with Crippen LogP contribution in [0.25, 0.3) is 10.8 Å². The van der Waals surface area contributed by atoms with Crippen LogP contribution in [0, 0.1) is 17.8 Å². The average Bonchev–Trinajstić information content (AvgIpc) is 2.94. The molecule has 3 rings (SSSR count). The highest BCUT2D eigenvalue weighted by Crippen LogP contribution is 2.11. The number of benzene rings is 1. The Hall–Kier alpha value is -1.90. The van der Waals surface area contributed by atoms with Gasteiger partial charge >= 0.3 is 0 Å². The largest absolute Gasteiger partial charge is 0.441 e. The Labute approximate surface area is 77.9 Å². The van der Waals surface area contributed by atoms with E-state index in [4.69, 9.17) is 4.42 Å². The second-order valence-corrected chi connectivity index (χ2v) is 3.47. The van der Waals surface area contributed by atoms with Gasteiger partial charge in [0.1, 0.15) is 0 Å². The molecule has 3 heteroatoms. The number of hydrogen-bond donors (Lipinski definition) is 0. The predicted octanol–water partition coefficient (Wildman–Crippen LogP) is 1.06. The minimum absolute atomic E-state index is 0.168. The molecule has 0 saturated heterocycles. The van der Waals surface area contributed by atoms with Crippen molar-refractivity contribution in [1.82, 2.24) is 0 Å². The van der Waals surface area contributed by atoms with Crippen molar-refractivity contribution in [2.75, 3.05) is 0 Å². The molecule has 0 saturated carbocycles. The summed E-state index contributed by atoms with van der Waals surface area (Å²) in [6.45, 7) is 1.88. The molecule has 0 fully saturated rings. The minimum atomic E-state index is -0.172. The zero-order valence-electron chi connectivity index (χ0n) is 7.46. The van der Waals surface area contributed by atoms with Crippen LogP contribution in [0.15, 0.2) is 32.2 Å². The van der Waals surface area contributed by atoms with Gasteiger partial charge < -0.3 is 4.42 Å². The molecule has 0 unspecified atom stereocenters. The average molecular weight is 186 g/mol. The molecule has 0 amide bonds. The zero-order chi connectivity index (χ0) is 9.87. The van der Waals surface area contributed by atoms with Crippen LogP contribution in [0.2, 0.25) is 0 Å². The van der Waals surface area contributed by atoms with Gasteiger partial charge in [0.25, 0.3) is 0 Å². The Balaban J connectivity index is 2.78. The lowest BCUT2D eigenvalue weighted by atomic mass is 10.1. The van der Waals surface area contributed by atoms with Gasteiger partial charge in [-0.3, -0.25) is 9.59 Å². The van der Waals surface area contributed by atoms with E-state index >= 15 is 0 Å². The Bertz CT molecular complexity index is 769. The van der Waals surface area contributed by atoms with Crippen molar-refractivity contribution in [3.63, 3.8) is 0 Å². The molecule has 1 aromatic rings. The van der Waals surface area contributed by atoms with E-state index in [-0.39, 0.29) is 21.7 Å². The second-order valence-electron chi connectivity index (χ2n) is 3.47. The normalized spacial score (nSPS) is 11.8. The van der Waals surface area contributed by atoms with E-state index in [9.17, 15) is 9.59 Å². The van der Waals surface area contributed by atoms with Crippen molar-refractivity contribution in [2.24, 2.45) is 0 Å². The van der Waals surface area contributed by atoms with E-state index in [1.54, 1.807) is 12.1 Å². The van der Waals surface area contributed by atoms with Gasteiger partial charge in [0.05, 0.1) is 0 Å². The van der Waals surface area contributed by atoms with Gasteiger partial charge in [-0.1, -0.05) is 11.6 Å². The molecule has 1 aromatic carbocycles. The Morgan fingerprint density at radius 1 is 1.00 bits per heavy atom. The summed E-state index contributed by atoms with van der Waals surface area (Å²) in [5, 5.41) is 0.920. The fourth-order valence-electron chi connectivity index (χ4n) is 1.66. The van der Waals surface area contributed by atoms with Gasteiger partial charge in [0.2, 0.25) is 21.7 Å². The highest BCUT2D eigenvalue weighted by molar-refractivity contribution is 5.82. The first-order valence-corrected chi connectivity index (χ1v) is 4.30. The van der Waals surface area contributed by atoms with Crippen LogP contribution in [0.4, 0.5) is 0 Å². The van der Waals surface area contributed by atoms with Gasteiger partial charge in [-0.05, 0) is 19.1 Å². The molecule has 0 bridgehead atoms. The Morgan fingerprint density at radius 2 is 1.64 bits per heavy atom. The lowest BCUT2D eigenvalue weighted by Gasteiger charge is -1.93. The first-order valence-electron chi connectivity index (χ1n) is 4.30. The minimum Gasteiger partial charge on any atom is -0.441 e. The number of fused-ring (bicyclic) bond motifs is 1. The molecule has 0 N–H and O–H groups in total. The van der Waals surface area contributed by atoms with Crippen molar-refractivity contribution in [3.05, 3.63) is 55.0 Å². The molecule has 14 heavy (non-hydrogen) atoms. The van der Waals surface area contributed by atoms with Crippen LogP contribution in [0.3, 0.4) is 0 Å². The Morgan fingerprint density at radius 3 is 2.36 bits per heavy atom. The van der Waals surface area contributed by atoms with Crippen molar-refractivity contribution >= 4 is 10.8 Å². The summed E-state index contributed by atoms with van der Waals surface area (Å²) < 4.78 is 4.86. The summed E-state index contributed by atoms with van der Waals surface area (Å²) in [5.74, 6) is 0. The third-order valence-corrected chi connectivity index (χ3v) is 2.45. The van der Waals surface area contributed by atoms with Gasteiger partial charge in [0, 0.05) is 10.8 Å². The highest BCUT2D eigenvalue weighted by atomic mass is 16.4. The maximum absolute atomic E-state index is 11.6. The monoisotopic (exact) mass is 186 g/mol. The number of hydrogen-bond acceptors (Lipinski definition) is 3. The van der Waals surface area contributed by atoms with E-state index in [0.717, 1.165) is 5.56 Å². The van der Waals surface area contributed by atoms with Gasteiger partial charge in [-0.15, -0.1) is 0 Å². The molecule has 0 radical (unpaired) electrons. The number of rotatable bonds is 0. The summed E-state index contributed by atoms with van der Waals surface area (Å²) in [5.41, 5.74) is 1.09. The molecular weight excluding hydrogens is 180 g/mol. The summed E-state index contributed by atoms with van der Waals surface area (Å²) in [4.78, 5) is 23.2. The summed E-state index contributed by atoms with van der Waals surface area (Å²) in [6, 6.07) is 5.22. The molecule has 1 heterocycles. The van der Waals surface area contributed by atoms with Gasteiger partial charge in [0.15, 0.2) is 0 Å². The molecule has 1 aliphatic heterocycles. The quantitative estimate of drug-likeness (QED) is 0.527. The lowest BCUT2D eigenvalue weighted by Crippen LogP contribution is -2.08. The van der Waals surface area contributed by atoms with Crippen LogP contribution in [-0.4, -0.2) is 0 Å². The zero-order valence-corrected chi connectivity index (χ0v) is 7.46. The van der Waals surface area contributed by atoms with E-state index in [1.807, 2.05) is 13.0 Å². The van der Waals surface area contributed by atoms with Crippen molar-refractivity contribution in [2.45, 2.75) is 6.92 Å². The fourth-order valence-corrected chi connectivity index (χ4v) is 1.66. The van der Waals surface area contributed by atoms with Crippen molar-refractivity contribution in [3.8, 4) is 0 Å². The maximum Gasteiger partial charge on any atom is 0.233 e. The molecule has 1 aliphatic carbocycles. The van der Waals surface area contributed by atoms with Crippen LogP contribution in [0.5, 0.6) is 0 Å². The van der Waals surface area contributed by atoms with Crippen LogP contribution >= 0.6 is 0 Å². The van der Waals surface area contributed by atoms with E-state index in [0.29, 0.717) is 10.8 Å². The molecule has 0 spiro atoms. The van der Waals surface area contributed by atoms with Gasteiger partial charge in [-0.25, -0.2) is 0 Å². The van der Waals surface area contributed by atoms with Crippen LogP contribution in [-0.2, 0) is 0 Å². The van der Waals surface area contributed by atoms with E-state index < -0.39 is 0 Å². The lowest BCUT2D eigenvalue weighted by molar-refractivity contribution is 0.636. The smallest absolute Gasteiger partial charge is 0.233 e. The van der Waals surface area contributed by atoms with Crippen molar-refractivity contribution in [1.29, 1.82) is 0 Å². The third-order valence-electron chi connectivity index (χ3n) is 2.45. The molecule has 0 aromatic heterocycles. The fraction of sp³-hybridized carbons (Fsp3) is 0.0909. The summed E-state index contributed by atoms with van der Waals surface area (Å²) in [6.07, 6.45) is 0. The van der Waals surface area contributed by atoms with Crippen LogP contribution in [0.1, 0.15) is 5.56 Å². The van der Waals surface area contributed by atoms with Crippen LogP contribution < -0.4 is 10.9 Å². The highest BCUT2D eigenvalue weighted by Gasteiger charge is 2.15. The first kappa shape index (κ1) is 7.50. The third kappa shape index (κ3) is 0.763. The van der Waals surface area contributed by atoms with Crippen molar-refractivity contribution < 1.29 is 4.42 Å². The predicted molar refractivity (Wildman–Crippen MR) is 51.2 cm³/mol. The molecular formula is C11H6O3. The number of aryl methyl sites for hydroxylation is 1. The van der Waals surface area contributed by atoms with E-state index in [1.165, 1.54) is 0 Å². The second kappa shape index (κ2) is 2.12.